The number of carboxylic acids is 1. The highest BCUT2D eigenvalue weighted by molar-refractivity contribution is 6.04. The number of likely N-dealkylation sites (N-methyl/N-ethyl adjacent to an activating group) is 1. The number of nitrogens with two attached hydrogens (primary N) is 1. The van der Waals surface area contributed by atoms with Gasteiger partial charge in [0, 0.05) is 13.6 Å². The van der Waals surface area contributed by atoms with E-state index in [1.165, 1.54) is 7.05 Å². The Labute approximate surface area is 128 Å². The summed E-state index contributed by atoms with van der Waals surface area (Å²) in [5.41, 5.74) is 3.51. The first-order chi connectivity index (χ1) is 10.3. The molecule has 0 aromatic carbocycles. The third-order valence-corrected chi connectivity index (χ3v) is 3.89. The Morgan fingerprint density at radius 3 is 2.32 bits per heavy atom. The molecule has 1 saturated carbocycles. The van der Waals surface area contributed by atoms with Crippen LogP contribution in [0, 0.1) is 5.41 Å². The van der Waals surface area contributed by atoms with Crippen LogP contribution in [0.5, 0.6) is 0 Å². The molecule has 0 aliphatic heterocycles. The Morgan fingerprint density at radius 1 is 1.27 bits per heavy atom. The Hall–Kier alpha value is -2.32. The van der Waals surface area contributed by atoms with Gasteiger partial charge in [0.15, 0.2) is 0 Å². The van der Waals surface area contributed by atoms with Gasteiger partial charge in [0.1, 0.15) is 11.5 Å². The molecule has 0 radical (unpaired) electrons. The second-order valence-electron chi connectivity index (χ2n) is 5.31. The topological polar surface area (TPSA) is 151 Å². The van der Waals surface area contributed by atoms with Crippen LogP contribution in [0.2, 0.25) is 0 Å². The zero-order valence-corrected chi connectivity index (χ0v) is 12.5. The van der Waals surface area contributed by atoms with Crippen LogP contribution in [-0.4, -0.2) is 48.6 Å². The first kappa shape index (κ1) is 17.7. The number of hydrogen-bond acceptors (Lipinski definition) is 4. The minimum Gasteiger partial charge on any atom is -0.480 e. The molecule has 4 amide bonds. The lowest BCUT2D eigenvalue weighted by molar-refractivity contribution is -0.162. The van der Waals surface area contributed by atoms with Crippen LogP contribution in [0.25, 0.3) is 0 Å². The predicted octanol–water partition coefficient (Wildman–Crippen LogP) is -1.08. The van der Waals surface area contributed by atoms with Crippen molar-refractivity contribution >= 4 is 23.8 Å². The summed E-state index contributed by atoms with van der Waals surface area (Å²) < 4.78 is 0. The molecule has 0 aromatic heterocycles. The molecule has 0 heterocycles. The van der Waals surface area contributed by atoms with E-state index in [1.54, 1.807) is 0 Å². The standard InChI is InChI=1S/C13H22N4O5/c1-15-9(18)8(4-2-7-16-12(14)22)17-10(19)13(11(20)21)5-3-6-13/h8H,2-7H2,1H3,(H,15,18)(H,17,19)(H,20,21)(H3,14,16,22)/t8-/m0/s1. The van der Waals surface area contributed by atoms with Gasteiger partial charge in [-0.3, -0.25) is 14.4 Å². The van der Waals surface area contributed by atoms with E-state index < -0.39 is 35.3 Å². The number of primary amides is 1. The molecule has 22 heavy (non-hydrogen) atoms. The van der Waals surface area contributed by atoms with Gasteiger partial charge < -0.3 is 26.8 Å². The molecule has 1 rings (SSSR count). The van der Waals surface area contributed by atoms with Gasteiger partial charge in [-0.05, 0) is 25.7 Å². The highest BCUT2D eigenvalue weighted by Gasteiger charge is 2.51. The van der Waals surface area contributed by atoms with Gasteiger partial charge in [0.2, 0.25) is 11.8 Å². The molecule has 9 heteroatoms. The first-order valence-corrected chi connectivity index (χ1v) is 7.13. The maximum Gasteiger partial charge on any atom is 0.319 e. The third kappa shape index (κ3) is 4.09. The van der Waals surface area contributed by atoms with Gasteiger partial charge in [-0.15, -0.1) is 0 Å². The summed E-state index contributed by atoms with van der Waals surface area (Å²) >= 11 is 0. The average Bonchev–Trinajstić information content (AvgIpc) is 2.39. The van der Waals surface area contributed by atoms with Crippen molar-refractivity contribution in [1.82, 2.24) is 16.0 Å². The zero-order valence-electron chi connectivity index (χ0n) is 12.5. The van der Waals surface area contributed by atoms with Crippen LogP contribution >= 0.6 is 0 Å². The third-order valence-electron chi connectivity index (χ3n) is 3.89. The lowest BCUT2D eigenvalue weighted by Crippen LogP contribution is -2.56. The summed E-state index contributed by atoms with van der Waals surface area (Å²) in [6.07, 6.45) is 1.91. The van der Waals surface area contributed by atoms with Crippen molar-refractivity contribution in [3.63, 3.8) is 0 Å². The molecule has 9 nitrogen and oxygen atoms in total. The van der Waals surface area contributed by atoms with Crippen molar-refractivity contribution in [2.75, 3.05) is 13.6 Å². The number of amides is 4. The summed E-state index contributed by atoms with van der Waals surface area (Å²) in [7, 11) is 1.43. The van der Waals surface area contributed by atoms with Crippen molar-refractivity contribution in [3.8, 4) is 0 Å². The highest BCUT2D eigenvalue weighted by Crippen LogP contribution is 2.41. The SMILES string of the molecule is CNC(=O)[C@H](CCCNC(N)=O)NC(=O)C1(C(=O)O)CCC1. The second kappa shape index (κ2) is 7.62. The molecule has 1 atom stereocenters. The number of nitrogens with one attached hydrogen (secondary N) is 3. The number of carboxylic acid groups (broad SMARTS) is 1. The fourth-order valence-corrected chi connectivity index (χ4v) is 2.33. The fourth-order valence-electron chi connectivity index (χ4n) is 2.33. The van der Waals surface area contributed by atoms with Gasteiger partial charge >= 0.3 is 12.0 Å². The monoisotopic (exact) mass is 314 g/mol. The van der Waals surface area contributed by atoms with E-state index in [2.05, 4.69) is 16.0 Å². The second-order valence-corrected chi connectivity index (χ2v) is 5.31. The van der Waals surface area contributed by atoms with E-state index in [0.29, 0.717) is 12.8 Å². The van der Waals surface area contributed by atoms with Crippen LogP contribution in [0.3, 0.4) is 0 Å². The predicted molar refractivity (Wildman–Crippen MR) is 76.7 cm³/mol. The van der Waals surface area contributed by atoms with Crippen LogP contribution in [0.4, 0.5) is 4.79 Å². The first-order valence-electron chi connectivity index (χ1n) is 7.13. The van der Waals surface area contributed by atoms with E-state index in [0.717, 1.165) is 0 Å². The minimum atomic E-state index is -1.42. The van der Waals surface area contributed by atoms with Gasteiger partial charge in [-0.1, -0.05) is 6.42 Å². The van der Waals surface area contributed by atoms with Gasteiger partial charge in [0.25, 0.3) is 0 Å². The number of aliphatic carboxylic acids is 1. The summed E-state index contributed by atoms with van der Waals surface area (Å²) in [5.74, 6) is -2.21. The van der Waals surface area contributed by atoms with Gasteiger partial charge in [-0.2, -0.15) is 0 Å². The Bertz CT molecular complexity index is 461. The van der Waals surface area contributed by atoms with E-state index in [-0.39, 0.29) is 25.8 Å². The number of urea groups is 1. The summed E-state index contributed by atoms with van der Waals surface area (Å²) in [6, 6.07) is -1.51. The maximum atomic E-state index is 12.2. The molecule has 0 aromatic rings. The van der Waals surface area contributed by atoms with Crippen molar-refractivity contribution < 1.29 is 24.3 Å². The molecule has 6 N–H and O–H groups in total. The van der Waals surface area contributed by atoms with Gasteiger partial charge in [-0.25, -0.2) is 4.79 Å². The maximum absolute atomic E-state index is 12.2. The fraction of sp³-hybridized carbons (Fsp3) is 0.692. The Morgan fingerprint density at radius 2 is 1.91 bits per heavy atom. The van der Waals surface area contributed by atoms with Crippen molar-refractivity contribution in [2.45, 2.75) is 38.1 Å². The number of rotatable bonds is 8. The molecule has 0 bridgehead atoms. The molecular weight excluding hydrogens is 292 g/mol. The number of carbonyl (C=O) groups excluding carboxylic acids is 3. The summed E-state index contributed by atoms with van der Waals surface area (Å²) in [5, 5.41) is 16.5. The lowest BCUT2D eigenvalue weighted by atomic mass is 9.68. The normalized spacial score (nSPS) is 16.8. The largest absolute Gasteiger partial charge is 0.480 e. The lowest BCUT2D eigenvalue weighted by Gasteiger charge is -2.36. The quantitative estimate of drug-likeness (QED) is 0.285. The zero-order chi connectivity index (χ0) is 16.8. The van der Waals surface area contributed by atoms with Gasteiger partial charge in [0.05, 0.1) is 0 Å². The molecule has 0 spiro atoms. The summed E-state index contributed by atoms with van der Waals surface area (Å²) in [6.45, 7) is 0.267. The van der Waals surface area contributed by atoms with E-state index in [1.807, 2.05) is 0 Å². The van der Waals surface area contributed by atoms with Crippen molar-refractivity contribution in [3.05, 3.63) is 0 Å². The number of hydrogen-bond donors (Lipinski definition) is 5. The van der Waals surface area contributed by atoms with Crippen LogP contribution in [-0.2, 0) is 14.4 Å². The molecule has 1 fully saturated rings. The Balaban J connectivity index is 2.61. The molecule has 0 saturated heterocycles. The molecule has 124 valence electrons. The van der Waals surface area contributed by atoms with E-state index in [9.17, 15) is 24.3 Å². The number of carbonyl (C=O) groups is 4. The van der Waals surface area contributed by atoms with E-state index >= 15 is 0 Å². The minimum absolute atomic E-state index is 0.265. The van der Waals surface area contributed by atoms with E-state index in [4.69, 9.17) is 5.73 Å². The van der Waals surface area contributed by atoms with Crippen molar-refractivity contribution in [2.24, 2.45) is 11.1 Å². The summed E-state index contributed by atoms with van der Waals surface area (Å²) in [4.78, 5) is 45.8. The Kier molecular flexibility index (Phi) is 6.14. The molecule has 0 unspecified atom stereocenters. The van der Waals surface area contributed by atoms with Crippen molar-refractivity contribution in [1.29, 1.82) is 0 Å². The van der Waals surface area contributed by atoms with Crippen LogP contribution < -0.4 is 21.7 Å². The molecule has 1 aliphatic carbocycles. The molecule has 1 aliphatic rings. The molecular formula is C13H22N4O5. The average molecular weight is 314 g/mol. The highest BCUT2D eigenvalue weighted by atomic mass is 16.4. The van der Waals surface area contributed by atoms with Crippen LogP contribution in [0.15, 0.2) is 0 Å². The smallest absolute Gasteiger partial charge is 0.319 e. The van der Waals surface area contributed by atoms with Crippen LogP contribution in [0.1, 0.15) is 32.1 Å².